The second kappa shape index (κ2) is 10.5. The molecule has 0 fully saturated rings. The van der Waals surface area contributed by atoms with E-state index in [9.17, 15) is 14.4 Å². The first kappa shape index (κ1) is 24.7. The van der Waals surface area contributed by atoms with Crippen LogP contribution >= 0.6 is 11.6 Å². The molecule has 0 saturated carbocycles. The molecule has 4 rings (SSSR count). The Balaban J connectivity index is 1.64. The van der Waals surface area contributed by atoms with Gasteiger partial charge in [-0.05, 0) is 55.0 Å². The summed E-state index contributed by atoms with van der Waals surface area (Å²) in [6.45, 7) is 5.92. The van der Waals surface area contributed by atoms with Gasteiger partial charge in [-0.1, -0.05) is 61.8 Å². The van der Waals surface area contributed by atoms with E-state index < -0.39 is 6.04 Å². The highest BCUT2D eigenvalue weighted by Gasteiger charge is 2.35. The summed E-state index contributed by atoms with van der Waals surface area (Å²) in [5.41, 5.74) is 2.17. The zero-order valence-electron chi connectivity index (χ0n) is 20.3. The van der Waals surface area contributed by atoms with Gasteiger partial charge < -0.3 is 10.2 Å². The van der Waals surface area contributed by atoms with Gasteiger partial charge >= 0.3 is 0 Å². The fourth-order valence-corrected chi connectivity index (χ4v) is 4.64. The topological polar surface area (TPSA) is 69.7 Å². The van der Waals surface area contributed by atoms with E-state index >= 15 is 0 Å². The van der Waals surface area contributed by atoms with Crippen LogP contribution in [0.1, 0.15) is 49.5 Å². The number of carbonyl (C=O) groups is 3. The molecule has 3 aromatic carbocycles. The molecule has 6 nitrogen and oxygen atoms in total. The molecule has 3 amide bonds. The molecule has 1 aliphatic rings. The highest BCUT2D eigenvalue weighted by Crippen LogP contribution is 2.37. The number of halogens is 1. The van der Waals surface area contributed by atoms with Gasteiger partial charge in [-0.25, -0.2) is 0 Å². The molecule has 0 radical (unpaired) electrons. The molecule has 1 heterocycles. The van der Waals surface area contributed by atoms with Gasteiger partial charge in [0.15, 0.2) is 0 Å². The molecule has 0 unspecified atom stereocenters. The summed E-state index contributed by atoms with van der Waals surface area (Å²) in [4.78, 5) is 43.3. The Bertz CT molecular complexity index is 1250. The minimum Gasteiger partial charge on any atom is -0.352 e. The Labute approximate surface area is 210 Å². The van der Waals surface area contributed by atoms with Gasteiger partial charge in [-0.2, -0.15) is 0 Å². The number of carbonyl (C=O) groups excluding carboxylic acids is 3. The van der Waals surface area contributed by atoms with Gasteiger partial charge in [0.25, 0.3) is 5.91 Å². The second-order valence-corrected chi connectivity index (χ2v) is 9.40. The third kappa shape index (κ3) is 5.03. The number of nitrogens with zero attached hydrogens (tertiary/aromatic N) is 2. The lowest BCUT2D eigenvalue weighted by molar-refractivity contribution is -0.140. The van der Waals surface area contributed by atoms with Crippen molar-refractivity contribution in [3.05, 3.63) is 76.8 Å². The van der Waals surface area contributed by atoms with Crippen molar-refractivity contribution in [3.63, 3.8) is 0 Å². The van der Waals surface area contributed by atoms with Crippen molar-refractivity contribution >= 4 is 45.8 Å². The summed E-state index contributed by atoms with van der Waals surface area (Å²) in [6.07, 6.45) is 1.24. The molecule has 1 N–H and O–H groups in total. The Kier molecular flexibility index (Phi) is 7.41. The van der Waals surface area contributed by atoms with Crippen molar-refractivity contribution in [2.75, 3.05) is 11.4 Å². The zero-order chi connectivity index (χ0) is 25.1. The lowest BCUT2D eigenvalue weighted by atomic mass is 10.1. The van der Waals surface area contributed by atoms with Crippen LogP contribution in [0.15, 0.2) is 60.7 Å². The summed E-state index contributed by atoms with van der Waals surface area (Å²) < 4.78 is 0. The summed E-state index contributed by atoms with van der Waals surface area (Å²) in [7, 11) is 0. The van der Waals surface area contributed by atoms with Crippen molar-refractivity contribution in [1.29, 1.82) is 0 Å². The summed E-state index contributed by atoms with van der Waals surface area (Å²) in [6, 6.07) is 17.9. The number of hydrogen-bond donors (Lipinski definition) is 1. The Morgan fingerprint density at radius 1 is 1.00 bits per heavy atom. The minimum absolute atomic E-state index is 0.00343. The van der Waals surface area contributed by atoms with Crippen LogP contribution in [-0.2, 0) is 16.1 Å². The molecule has 0 aromatic heterocycles. The molecule has 0 bridgehead atoms. The first-order valence-corrected chi connectivity index (χ1v) is 12.4. The van der Waals surface area contributed by atoms with Crippen molar-refractivity contribution in [2.24, 2.45) is 0 Å². The van der Waals surface area contributed by atoms with Crippen LogP contribution < -0.4 is 10.2 Å². The number of benzene rings is 3. The Morgan fingerprint density at radius 3 is 2.34 bits per heavy atom. The molecule has 3 aromatic rings. The van der Waals surface area contributed by atoms with E-state index in [4.69, 9.17) is 11.6 Å². The fourth-order valence-electron chi connectivity index (χ4n) is 4.51. The minimum atomic E-state index is -0.664. The summed E-state index contributed by atoms with van der Waals surface area (Å²) >= 11 is 6.05. The average molecular weight is 492 g/mol. The maximum atomic E-state index is 13.8. The highest BCUT2D eigenvalue weighted by atomic mass is 35.5. The highest BCUT2D eigenvalue weighted by molar-refractivity contribution is 6.30. The van der Waals surface area contributed by atoms with E-state index in [1.54, 1.807) is 23.1 Å². The van der Waals surface area contributed by atoms with Crippen LogP contribution in [0.5, 0.6) is 0 Å². The summed E-state index contributed by atoms with van der Waals surface area (Å²) in [5.74, 6) is -0.680. The van der Waals surface area contributed by atoms with Crippen LogP contribution in [0.4, 0.5) is 5.69 Å². The van der Waals surface area contributed by atoms with Gasteiger partial charge in [-0.15, -0.1) is 0 Å². The van der Waals surface area contributed by atoms with Gasteiger partial charge in [-0.3, -0.25) is 19.3 Å². The molecule has 1 aliphatic heterocycles. The van der Waals surface area contributed by atoms with E-state index in [0.29, 0.717) is 17.0 Å². The lowest BCUT2D eigenvalue weighted by Gasteiger charge is -2.32. The first-order valence-electron chi connectivity index (χ1n) is 12.0. The monoisotopic (exact) mass is 491 g/mol. The summed E-state index contributed by atoms with van der Waals surface area (Å²) in [5, 5.41) is 5.43. The third-order valence-electron chi connectivity index (χ3n) is 6.60. The predicted molar refractivity (Wildman–Crippen MR) is 140 cm³/mol. The third-order valence-corrected chi connectivity index (χ3v) is 6.85. The number of rotatable bonds is 9. The van der Waals surface area contributed by atoms with Crippen LogP contribution in [0.25, 0.3) is 10.8 Å². The maximum absolute atomic E-state index is 13.8. The van der Waals surface area contributed by atoms with Crippen LogP contribution in [0.3, 0.4) is 0 Å². The van der Waals surface area contributed by atoms with Crippen molar-refractivity contribution < 1.29 is 14.4 Å². The molecular weight excluding hydrogens is 462 g/mol. The molecule has 0 saturated heterocycles. The quantitative estimate of drug-likeness (QED) is 0.448. The molecule has 182 valence electrons. The van der Waals surface area contributed by atoms with Gasteiger partial charge in [0.1, 0.15) is 12.6 Å². The number of anilines is 1. The molecule has 35 heavy (non-hydrogen) atoms. The van der Waals surface area contributed by atoms with Gasteiger partial charge in [0.2, 0.25) is 11.8 Å². The smallest absolute Gasteiger partial charge is 0.259 e. The largest absolute Gasteiger partial charge is 0.352 e. The molecule has 0 spiro atoms. The first-order chi connectivity index (χ1) is 16.8. The predicted octanol–water partition coefficient (Wildman–Crippen LogP) is 5.18. The van der Waals surface area contributed by atoms with Gasteiger partial charge in [0, 0.05) is 28.6 Å². The SMILES string of the molecule is CC[C@@H](C)NC(=O)[C@@H](CC)N(Cc1ccc(Cl)cc1)C(=O)CN1C(=O)c2cccc3cccc1c23. The second-order valence-electron chi connectivity index (χ2n) is 8.96. The maximum Gasteiger partial charge on any atom is 0.259 e. The van der Waals surface area contributed by atoms with Crippen LogP contribution in [-0.4, -0.2) is 41.2 Å². The van der Waals surface area contributed by atoms with Crippen molar-refractivity contribution in [1.82, 2.24) is 10.2 Å². The Morgan fingerprint density at radius 2 is 1.69 bits per heavy atom. The Hall–Kier alpha value is -3.38. The van der Waals surface area contributed by atoms with E-state index in [-0.39, 0.29) is 36.9 Å². The molecule has 7 heteroatoms. The number of amides is 3. The average Bonchev–Trinajstić information content (AvgIpc) is 3.13. The normalized spacial score (nSPS) is 14.2. The molecular formula is C28H30ClN3O3. The van der Waals surface area contributed by atoms with E-state index in [1.165, 1.54) is 4.90 Å². The fraction of sp³-hybridized carbons (Fsp3) is 0.321. The standard InChI is InChI=1S/C28H30ClN3O3/c1-4-18(3)30-27(34)23(5-2)31(16-19-12-14-21(29)15-13-19)25(33)17-32-24-11-7-9-20-8-6-10-22(26(20)24)28(32)35/h6-15,18,23H,4-5,16-17H2,1-3H3,(H,30,34)/t18-,23-/m1/s1. The zero-order valence-corrected chi connectivity index (χ0v) is 21.0. The molecule has 2 atom stereocenters. The van der Waals surface area contributed by atoms with E-state index in [0.717, 1.165) is 28.4 Å². The number of nitrogens with one attached hydrogen (secondary N) is 1. The lowest BCUT2D eigenvalue weighted by Crippen LogP contribution is -2.53. The van der Waals surface area contributed by atoms with E-state index in [1.807, 2.05) is 63.2 Å². The number of hydrogen-bond acceptors (Lipinski definition) is 3. The van der Waals surface area contributed by atoms with Crippen LogP contribution in [0, 0.1) is 0 Å². The van der Waals surface area contributed by atoms with Crippen molar-refractivity contribution in [3.8, 4) is 0 Å². The van der Waals surface area contributed by atoms with Crippen LogP contribution in [0.2, 0.25) is 5.02 Å². The molecule has 0 aliphatic carbocycles. The van der Waals surface area contributed by atoms with Crippen molar-refractivity contribution in [2.45, 2.75) is 52.2 Å². The van der Waals surface area contributed by atoms with E-state index in [2.05, 4.69) is 5.32 Å². The van der Waals surface area contributed by atoms with Gasteiger partial charge in [0.05, 0.1) is 5.69 Å².